The van der Waals surface area contributed by atoms with E-state index < -0.39 is 19.9 Å². The number of sulfone groups is 1. The molecule has 0 spiro atoms. The van der Waals surface area contributed by atoms with Crippen molar-refractivity contribution < 1.29 is 16.8 Å². The Morgan fingerprint density at radius 1 is 1.20 bits per heavy atom. The number of nitrogens with one attached hydrogen (secondary N) is 1. The first kappa shape index (κ1) is 15.1. The standard InChI is InChI=1S/C11H17N3O4S2/c12-10-7-9(1-2-11(10)20(13,17)18)14-8-3-5-19(15,16)6-4-8/h1-2,7-8,14H,3-6,12H2,(H2,13,17,18). The molecule has 1 aliphatic rings. The van der Waals surface area contributed by atoms with E-state index in [0.29, 0.717) is 18.5 Å². The van der Waals surface area contributed by atoms with Crippen molar-refractivity contribution in [2.45, 2.75) is 23.8 Å². The second kappa shape index (κ2) is 5.23. The third-order valence-electron chi connectivity index (χ3n) is 3.24. The molecule has 112 valence electrons. The molecule has 0 radical (unpaired) electrons. The van der Waals surface area contributed by atoms with Crippen molar-refractivity contribution in [3.63, 3.8) is 0 Å². The van der Waals surface area contributed by atoms with Crippen LogP contribution in [0.15, 0.2) is 23.1 Å². The zero-order chi connectivity index (χ0) is 15.0. The summed E-state index contributed by atoms with van der Waals surface area (Å²) < 4.78 is 45.1. The van der Waals surface area contributed by atoms with Crippen LogP contribution in [0.3, 0.4) is 0 Å². The Bertz CT molecular complexity index is 699. The van der Waals surface area contributed by atoms with Gasteiger partial charge in [0.2, 0.25) is 10.0 Å². The molecule has 1 saturated heterocycles. The number of anilines is 2. The van der Waals surface area contributed by atoms with Crippen molar-refractivity contribution in [2.75, 3.05) is 22.6 Å². The van der Waals surface area contributed by atoms with E-state index in [-0.39, 0.29) is 28.1 Å². The zero-order valence-corrected chi connectivity index (χ0v) is 12.4. The monoisotopic (exact) mass is 319 g/mol. The van der Waals surface area contributed by atoms with Crippen molar-refractivity contribution in [2.24, 2.45) is 5.14 Å². The molecule has 0 atom stereocenters. The van der Waals surface area contributed by atoms with Gasteiger partial charge < -0.3 is 11.1 Å². The van der Waals surface area contributed by atoms with E-state index in [0.717, 1.165) is 0 Å². The van der Waals surface area contributed by atoms with Gasteiger partial charge in [0.1, 0.15) is 14.7 Å². The maximum absolute atomic E-state index is 11.3. The van der Waals surface area contributed by atoms with E-state index in [4.69, 9.17) is 10.9 Å². The van der Waals surface area contributed by atoms with Gasteiger partial charge in [0.05, 0.1) is 17.2 Å². The Kier molecular flexibility index (Phi) is 3.94. The maximum atomic E-state index is 11.3. The van der Waals surface area contributed by atoms with E-state index in [1.54, 1.807) is 6.07 Å². The van der Waals surface area contributed by atoms with E-state index in [2.05, 4.69) is 5.32 Å². The van der Waals surface area contributed by atoms with Crippen LogP contribution >= 0.6 is 0 Å². The Morgan fingerprint density at radius 2 is 1.80 bits per heavy atom. The van der Waals surface area contributed by atoms with Gasteiger partial charge in [-0.2, -0.15) is 0 Å². The Labute approximate surface area is 118 Å². The number of hydrogen-bond acceptors (Lipinski definition) is 6. The highest BCUT2D eigenvalue weighted by Crippen LogP contribution is 2.24. The van der Waals surface area contributed by atoms with Crippen molar-refractivity contribution in [3.05, 3.63) is 18.2 Å². The molecule has 5 N–H and O–H groups in total. The summed E-state index contributed by atoms with van der Waals surface area (Å²) in [5.74, 6) is 0.324. The topological polar surface area (TPSA) is 132 Å². The Morgan fingerprint density at radius 3 is 2.30 bits per heavy atom. The number of nitrogen functional groups attached to an aromatic ring is 1. The van der Waals surface area contributed by atoms with E-state index >= 15 is 0 Å². The molecule has 1 heterocycles. The molecule has 0 aromatic heterocycles. The van der Waals surface area contributed by atoms with E-state index in [1.807, 2.05) is 0 Å². The molecule has 20 heavy (non-hydrogen) atoms. The molecular weight excluding hydrogens is 302 g/mol. The van der Waals surface area contributed by atoms with Crippen molar-refractivity contribution >= 4 is 31.2 Å². The maximum Gasteiger partial charge on any atom is 0.240 e. The van der Waals surface area contributed by atoms with Gasteiger partial charge in [0, 0.05) is 11.7 Å². The molecular formula is C11H17N3O4S2. The quantitative estimate of drug-likeness (QED) is 0.667. The lowest BCUT2D eigenvalue weighted by atomic mass is 10.1. The lowest BCUT2D eigenvalue weighted by Crippen LogP contribution is -2.32. The highest BCUT2D eigenvalue weighted by molar-refractivity contribution is 7.91. The molecule has 0 saturated carbocycles. The highest BCUT2D eigenvalue weighted by Gasteiger charge is 2.23. The first-order valence-electron chi connectivity index (χ1n) is 6.07. The van der Waals surface area contributed by atoms with Crippen molar-refractivity contribution in [1.29, 1.82) is 0 Å². The predicted molar refractivity (Wildman–Crippen MR) is 77.5 cm³/mol. The van der Waals surface area contributed by atoms with E-state index in [1.165, 1.54) is 12.1 Å². The van der Waals surface area contributed by atoms with Gasteiger partial charge in [-0.1, -0.05) is 0 Å². The van der Waals surface area contributed by atoms with E-state index in [9.17, 15) is 16.8 Å². The smallest absolute Gasteiger partial charge is 0.240 e. The molecule has 0 aliphatic carbocycles. The van der Waals surface area contributed by atoms with Crippen LogP contribution in [0.1, 0.15) is 12.8 Å². The summed E-state index contributed by atoms with van der Waals surface area (Å²) in [5, 5.41) is 8.18. The van der Waals surface area contributed by atoms with Crippen LogP contribution < -0.4 is 16.2 Å². The van der Waals surface area contributed by atoms with Gasteiger partial charge in [-0.05, 0) is 31.0 Å². The SMILES string of the molecule is Nc1cc(NC2CCS(=O)(=O)CC2)ccc1S(N)(=O)=O. The van der Waals surface area contributed by atoms with Crippen LogP contribution in [0.4, 0.5) is 11.4 Å². The highest BCUT2D eigenvalue weighted by atomic mass is 32.2. The van der Waals surface area contributed by atoms with Crippen LogP contribution in [0.2, 0.25) is 0 Å². The second-order valence-corrected chi connectivity index (χ2v) is 8.70. The number of nitrogens with two attached hydrogens (primary N) is 2. The molecule has 2 rings (SSSR count). The van der Waals surface area contributed by atoms with Crippen LogP contribution in [0.5, 0.6) is 0 Å². The molecule has 1 fully saturated rings. The molecule has 1 aromatic rings. The minimum Gasteiger partial charge on any atom is -0.398 e. The van der Waals surface area contributed by atoms with Gasteiger partial charge in [0.25, 0.3) is 0 Å². The van der Waals surface area contributed by atoms with Crippen LogP contribution in [-0.2, 0) is 19.9 Å². The second-order valence-electron chi connectivity index (χ2n) is 4.87. The number of rotatable bonds is 3. The molecule has 9 heteroatoms. The molecule has 0 unspecified atom stereocenters. The number of sulfonamides is 1. The van der Waals surface area contributed by atoms with Gasteiger partial charge in [-0.25, -0.2) is 22.0 Å². The van der Waals surface area contributed by atoms with Crippen LogP contribution in [0.25, 0.3) is 0 Å². The molecule has 7 nitrogen and oxygen atoms in total. The average Bonchev–Trinajstić information content (AvgIpc) is 2.30. The number of hydrogen-bond donors (Lipinski definition) is 3. The summed E-state index contributed by atoms with van der Waals surface area (Å²) in [6.07, 6.45) is 1.05. The first-order valence-corrected chi connectivity index (χ1v) is 9.43. The molecule has 1 aromatic carbocycles. The van der Waals surface area contributed by atoms with Crippen LogP contribution in [0, 0.1) is 0 Å². The molecule has 1 aliphatic heterocycles. The first-order chi connectivity index (χ1) is 9.17. The summed E-state index contributed by atoms with van der Waals surface area (Å²) in [6, 6.07) is 4.44. The minimum atomic E-state index is -3.83. The van der Waals surface area contributed by atoms with Crippen molar-refractivity contribution in [1.82, 2.24) is 0 Å². The van der Waals surface area contributed by atoms with Gasteiger partial charge in [0.15, 0.2) is 0 Å². The third kappa shape index (κ3) is 3.62. The summed E-state index contributed by atoms with van der Waals surface area (Å²) in [5.41, 5.74) is 6.38. The van der Waals surface area contributed by atoms with Gasteiger partial charge >= 0.3 is 0 Å². The normalized spacial score (nSPS) is 19.6. The lowest BCUT2D eigenvalue weighted by molar-refractivity contribution is 0.559. The largest absolute Gasteiger partial charge is 0.398 e. The predicted octanol–water partition coefficient (Wildman–Crippen LogP) is -0.0947. The van der Waals surface area contributed by atoms with Crippen molar-refractivity contribution in [3.8, 4) is 0 Å². The summed E-state index contributed by atoms with van der Waals surface area (Å²) in [7, 11) is -6.73. The summed E-state index contributed by atoms with van der Waals surface area (Å²) in [4.78, 5) is -0.116. The molecule has 0 bridgehead atoms. The summed E-state index contributed by atoms with van der Waals surface area (Å²) in [6.45, 7) is 0. The minimum absolute atomic E-state index is 0.0401. The fraction of sp³-hybridized carbons (Fsp3) is 0.455. The fourth-order valence-corrected chi connectivity index (χ4v) is 4.30. The Hall–Kier alpha value is -1.32. The third-order valence-corrected chi connectivity index (χ3v) is 5.94. The average molecular weight is 319 g/mol. The fourth-order valence-electron chi connectivity index (χ4n) is 2.17. The van der Waals surface area contributed by atoms with Gasteiger partial charge in [-0.3, -0.25) is 0 Å². The number of primary sulfonamides is 1. The Balaban J connectivity index is 2.10. The zero-order valence-electron chi connectivity index (χ0n) is 10.7. The summed E-state index contributed by atoms with van der Waals surface area (Å²) >= 11 is 0. The lowest BCUT2D eigenvalue weighted by Gasteiger charge is -2.24. The van der Waals surface area contributed by atoms with Crippen LogP contribution in [-0.4, -0.2) is 34.4 Å². The number of benzene rings is 1. The van der Waals surface area contributed by atoms with Gasteiger partial charge in [-0.15, -0.1) is 0 Å². The molecule has 0 amide bonds.